The quantitative estimate of drug-likeness (QED) is 0.776. The fourth-order valence-electron chi connectivity index (χ4n) is 1.66. The van der Waals surface area contributed by atoms with Gasteiger partial charge in [-0.3, -0.25) is 4.79 Å². The summed E-state index contributed by atoms with van der Waals surface area (Å²) >= 11 is 0. The zero-order chi connectivity index (χ0) is 11.4. The van der Waals surface area contributed by atoms with Crippen LogP contribution in [0, 0.1) is 0 Å². The number of nitrogens with zero attached hydrogens (tertiary/aromatic N) is 1. The number of carbonyl (C=O) groups is 1. The molecular weight excluding hydrogens is 202 g/mol. The van der Waals surface area contributed by atoms with E-state index in [4.69, 9.17) is 4.74 Å². The van der Waals surface area contributed by atoms with Crippen LogP contribution in [0.2, 0.25) is 0 Å². The summed E-state index contributed by atoms with van der Waals surface area (Å²) in [5.41, 5.74) is 0. The Balaban J connectivity index is 1.95. The first-order valence-corrected chi connectivity index (χ1v) is 5.46. The molecule has 0 saturated heterocycles. The third-order valence-electron chi connectivity index (χ3n) is 2.51. The zero-order valence-corrected chi connectivity index (χ0v) is 9.30. The first-order chi connectivity index (χ1) is 7.77. The van der Waals surface area contributed by atoms with E-state index in [0.29, 0.717) is 0 Å². The minimum absolute atomic E-state index is 0.0117. The Morgan fingerprint density at radius 2 is 2.12 bits per heavy atom. The number of benzene rings is 1. The van der Waals surface area contributed by atoms with Crippen LogP contribution in [0.25, 0.3) is 0 Å². The van der Waals surface area contributed by atoms with E-state index in [1.54, 1.807) is 11.8 Å². The molecule has 1 aliphatic rings. The number of ether oxygens (including phenoxy) is 1. The summed E-state index contributed by atoms with van der Waals surface area (Å²) in [6.07, 6.45) is 4.31. The molecule has 0 spiro atoms. The van der Waals surface area contributed by atoms with Crippen LogP contribution >= 0.6 is 0 Å². The van der Waals surface area contributed by atoms with Crippen LogP contribution < -0.4 is 4.74 Å². The van der Waals surface area contributed by atoms with Gasteiger partial charge in [0.2, 0.25) is 0 Å². The van der Waals surface area contributed by atoms with Crippen LogP contribution in [0.1, 0.15) is 13.3 Å². The van der Waals surface area contributed by atoms with Gasteiger partial charge in [0.15, 0.2) is 6.10 Å². The van der Waals surface area contributed by atoms with Crippen molar-refractivity contribution in [2.45, 2.75) is 19.4 Å². The van der Waals surface area contributed by atoms with Crippen LogP contribution in [-0.2, 0) is 4.79 Å². The van der Waals surface area contributed by atoms with Gasteiger partial charge in [0.05, 0.1) is 0 Å². The van der Waals surface area contributed by atoms with Gasteiger partial charge in [-0.1, -0.05) is 24.3 Å². The maximum Gasteiger partial charge on any atom is 0.267 e. The van der Waals surface area contributed by atoms with E-state index in [2.05, 4.69) is 0 Å². The first-order valence-electron chi connectivity index (χ1n) is 5.46. The molecule has 3 heteroatoms. The van der Waals surface area contributed by atoms with E-state index in [-0.39, 0.29) is 5.91 Å². The summed E-state index contributed by atoms with van der Waals surface area (Å²) in [6, 6.07) is 9.40. The normalized spacial score (nSPS) is 16.2. The summed E-state index contributed by atoms with van der Waals surface area (Å²) in [6.45, 7) is 2.54. The molecule has 0 aromatic heterocycles. The van der Waals surface area contributed by atoms with Gasteiger partial charge >= 0.3 is 0 Å². The van der Waals surface area contributed by atoms with E-state index in [1.807, 2.05) is 42.6 Å². The second-order valence-electron chi connectivity index (χ2n) is 3.78. The first kappa shape index (κ1) is 10.7. The summed E-state index contributed by atoms with van der Waals surface area (Å²) in [4.78, 5) is 13.6. The zero-order valence-electron chi connectivity index (χ0n) is 9.30. The lowest BCUT2D eigenvalue weighted by atomic mass is 10.3. The van der Waals surface area contributed by atoms with Gasteiger partial charge in [0, 0.05) is 12.7 Å². The Morgan fingerprint density at radius 1 is 1.38 bits per heavy atom. The highest BCUT2D eigenvalue weighted by molar-refractivity contribution is 5.82. The molecule has 0 radical (unpaired) electrons. The number of amides is 1. The van der Waals surface area contributed by atoms with Crippen molar-refractivity contribution in [3.63, 3.8) is 0 Å². The Morgan fingerprint density at radius 3 is 2.75 bits per heavy atom. The largest absolute Gasteiger partial charge is 0.481 e. The number of rotatable bonds is 3. The molecule has 1 heterocycles. The Kier molecular flexibility index (Phi) is 3.25. The van der Waals surface area contributed by atoms with Crippen molar-refractivity contribution in [3.05, 3.63) is 42.6 Å². The standard InChI is InChI=1S/C13H15NO2/c1-11(13(15)14-9-5-6-10-14)16-12-7-3-2-4-8-12/h2-5,7-9,11H,6,10H2,1H3. The molecule has 3 nitrogen and oxygen atoms in total. The molecule has 1 aliphatic heterocycles. The molecule has 0 aliphatic carbocycles. The maximum atomic E-state index is 11.9. The lowest BCUT2D eigenvalue weighted by molar-refractivity contribution is -0.134. The van der Waals surface area contributed by atoms with Gasteiger partial charge in [0.25, 0.3) is 5.91 Å². The van der Waals surface area contributed by atoms with Gasteiger partial charge in [0.1, 0.15) is 5.75 Å². The predicted molar refractivity (Wildman–Crippen MR) is 62.0 cm³/mol. The van der Waals surface area contributed by atoms with Crippen molar-refractivity contribution in [1.29, 1.82) is 0 Å². The van der Waals surface area contributed by atoms with Crippen LogP contribution in [0.5, 0.6) is 5.75 Å². The van der Waals surface area contributed by atoms with Crippen molar-refractivity contribution in [2.24, 2.45) is 0 Å². The van der Waals surface area contributed by atoms with Crippen LogP contribution in [0.3, 0.4) is 0 Å². The molecule has 0 fully saturated rings. The summed E-state index contributed by atoms with van der Waals surface area (Å²) in [7, 11) is 0. The number of carbonyl (C=O) groups excluding carboxylic acids is 1. The molecule has 0 bridgehead atoms. The fourth-order valence-corrected chi connectivity index (χ4v) is 1.66. The average molecular weight is 217 g/mol. The monoisotopic (exact) mass is 217 g/mol. The van der Waals surface area contributed by atoms with Gasteiger partial charge in [-0.05, 0) is 25.5 Å². The highest BCUT2D eigenvalue weighted by Gasteiger charge is 2.21. The SMILES string of the molecule is CC(Oc1ccccc1)C(=O)N1C=CCC1. The Labute approximate surface area is 95.3 Å². The molecule has 0 N–H and O–H groups in total. The molecule has 1 atom stereocenters. The molecule has 84 valence electrons. The third-order valence-corrected chi connectivity index (χ3v) is 2.51. The predicted octanol–water partition coefficient (Wildman–Crippen LogP) is 2.20. The van der Waals surface area contributed by atoms with Gasteiger partial charge in [-0.15, -0.1) is 0 Å². The molecule has 0 saturated carbocycles. The molecule has 1 unspecified atom stereocenters. The van der Waals surface area contributed by atoms with E-state index in [9.17, 15) is 4.79 Å². The summed E-state index contributed by atoms with van der Waals surface area (Å²) in [5, 5.41) is 0. The van der Waals surface area contributed by atoms with Crippen molar-refractivity contribution in [2.75, 3.05) is 6.54 Å². The van der Waals surface area contributed by atoms with Crippen molar-refractivity contribution >= 4 is 5.91 Å². The minimum atomic E-state index is -0.440. The van der Waals surface area contributed by atoms with E-state index >= 15 is 0 Å². The molecule has 16 heavy (non-hydrogen) atoms. The summed E-state index contributed by atoms with van der Waals surface area (Å²) < 4.78 is 5.56. The molecule has 1 aromatic carbocycles. The molecule has 2 rings (SSSR count). The fraction of sp³-hybridized carbons (Fsp3) is 0.308. The van der Waals surface area contributed by atoms with Crippen LogP contribution in [0.4, 0.5) is 0 Å². The van der Waals surface area contributed by atoms with Gasteiger partial charge in [-0.2, -0.15) is 0 Å². The minimum Gasteiger partial charge on any atom is -0.481 e. The lowest BCUT2D eigenvalue weighted by Crippen LogP contribution is -2.36. The maximum absolute atomic E-state index is 11.9. The highest BCUT2D eigenvalue weighted by atomic mass is 16.5. The van der Waals surface area contributed by atoms with Gasteiger partial charge < -0.3 is 9.64 Å². The third kappa shape index (κ3) is 2.42. The average Bonchev–Trinajstić information content (AvgIpc) is 2.83. The molecular formula is C13H15NO2. The highest BCUT2D eigenvalue weighted by Crippen LogP contribution is 2.13. The van der Waals surface area contributed by atoms with Crippen molar-refractivity contribution in [3.8, 4) is 5.75 Å². The lowest BCUT2D eigenvalue weighted by Gasteiger charge is -2.19. The molecule has 1 amide bonds. The smallest absolute Gasteiger partial charge is 0.267 e. The van der Waals surface area contributed by atoms with E-state index < -0.39 is 6.10 Å². The van der Waals surface area contributed by atoms with Gasteiger partial charge in [-0.25, -0.2) is 0 Å². The number of hydrogen-bond donors (Lipinski definition) is 0. The summed E-state index contributed by atoms with van der Waals surface area (Å²) in [5.74, 6) is 0.740. The number of hydrogen-bond acceptors (Lipinski definition) is 2. The Hall–Kier alpha value is -1.77. The Bertz CT molecular complexity index is 386. The van der Waals surface area contributed by atoms with E-state index in [1.165, 1.54) is 0 Å². The number of para-hydroxylation sites is 1. The molecule has 1 aromatic rings. The topological polar surface area (TPSA) is 29.5 Å². The van der Waals surface area contributed by atoms with E-state index in [0.717, 1.165) is 18.7 Å². The second-order valence-corrected chi connectivity index (χ2v) is 3.78. The van der Waals surface area contributed by atoms with Crippen LogP contribution in [0.15, 0.2) is 42.6 Å². The van der Waals surface area contributed by atoms with Crippen molar-refractivity contribution in [1.82, 2.24) is 4.90 Å². The van der Waals surface area contributed by atoms with Crippen LogP contribution in [-0.4, -0.2) is 23.5 Å². The second kappa shape index (κ2) is 4.84. The van der Waals surface area contributed by atoms with Crippen molar-refractivity contribution < 1.29 is 9.53 Å².